The fraction of sp³-hybridized carbons (Fsp3) is 0.100. The summed E-state index contributed by atoms with van der Waals surface area (Å²) in [5, 5.41) is 0. The zero-order chi connectivity index (χ0) is 18.7. The van der Waals surface area contributed by atoms with E-state index in [1.54, 1.807) is 0 Å². The van der Waals surface area contributed by atoms with E-state index in [0.29, 0.717) is 5.92 Å². The molecule has 1 aliphatic rings. The number of nitrogens with zero attached hydrogens (tertiary/aromatic N) is 1. The monoisotopic (exact) mass is 371 g/mol. The fourth-order valence-corrected chi connectivity index (χ4v) is 3.38. The molecule has 0 aromatic heterocycles. The van der Waals surface area contributed by atoms with E-state index in [4.69, 9.17) is 18.6 Å². The molecule has 26 heavy (non-hydrogen) atoms. The molecule has 0 atom stereocenters. The van der Waals surface area contributed by atoms with Gasteiger partial charge in [0.05, 0.1) is 14.9 Å². The second kappa shape index (κ2) is 7.45. The predicted molar refractivity (Wildman–Crippen MR) is 90.6 cm³/mol. The van der Waals surface area contributed by atoms with Crippen molar-refractivity contribution in [3.63, 3.8) is 0 Å². The third kappa shape index (κ3) is 4.04. The van der Waals surface area contributed by atoms with Crippen LogP contribution in [0.2, 0.25) is 0 Å². The average Bonchev–Trinajstić information content (AvgIpc) is 2.62. The van der Waals surface area contributed by atoms with Gasteiger partial charge >= 0.3 is 0 Å². The summed E-state index contributed by atoms with van der Waals surface area (Å²) < 4.78 is 32.7. The molecule has 4 rings (SSSR count). The highest BCUT2D eigenvalue weighted by molar-refractivity contribution is 5.77. The van der Waals surface area contributed by atoms with Crippen LogP contribution in [-0.2, 0) is 0 Å². The number of anilines is 2. The molecule has 0 saturated heterocycles. The van der Waals surface area contributed by atoms with Gasteiger partial charge in [-0.05, 0) is 28.8 Å². The largest absolute Gasteiger partial charge is 0.344 e. The molecule has 0 bridgehead atoms. The van der Waals surface area contributed by atoms with Crippen molar-refractivity contribution in [3.8, 4) is 0 Å². The highest BCUT2D eigenvalue weighted by Crippen LogP contribution is 2.47. The maximum atomic E-state index is 8.60. The number of hydrogen-bond acceptors (Lipinski definition) is 5. The third-order valence-electron chi connectivity index (χ3n) is 4.35. The molecule has 3 aromatic rings. The SMILES string of the molecule is CN1c2ccccc2C(c2ccccc2)c2ccccc21.[O-][Cl+3]([O-])([O-])O. The first-order valence-corrected chi connectivity index (χ1v) is 9.22. The minimum Gasteiger partial charge on any atom is -0.344 e. The first kappa shape index (κ1) is 18.4. The number of hydrogen-bond donors (Lipinski definition) is 1. The van der Waals surface area contributed by atoms with Crippen molar-refractivity contribution in [2.24, 2.45) is 0 Å². The van der Waals surface area contributed by atoms with Crippen LogP contribution in [0.25, 0.3) is 0 Å². The minimum atomic E-state index is -4.69. The molecule has 1 heterocycles. The first-order valence-electron chi connectivity index (χ1n) is 7.96. The van der Waals surface area contributed by atoms with Crippen LogP contribution in [0, 0.1) is 10.2 Å². The van der Waals surface area contributed by atoms with Gasteiger partial charge in [-0.1, -0.05) is 66.7 Å². The van der Waals surface area contributed by atoms with Gasteiger partial charge in [-0.25, -0.2) is 0 Å². The summed E-state index contributed by atoms with van der Waals surface area (Å²) in [5.41, 5.74) is 6.70. The predicted octanol–water partition coefficient (Wildman–Crippen LogP) is 0.824. The Morgan fingerprint density at radius 1 is 0.731 bits per heavy atom. The molecule has 0 fully saturated rings. The smallest absolute Gasteiger partial charge is 0.0777 e. The third-order valence-corrected chi connectivity index (χ3v) is 4.35. The summed E-state index contributed by atoms with van der Waals surface area (Å²) in [6.07, 6.45) is 0. The van der Waals surface area contributed by atoms with Crippen molar-refractivity contribution < 1.29 is 28.9 Å². The summed E-state index contributed by atoms with van der Waals surface area (Å²) in [4.78, 5) is 2.30. The van der Waals surface area contributed by atoms with E-state index in [1.165, 1.54) is 28.1 Å². The lowest BCUT2D eigenvalue weighted by atomic mass is 9.80. The van der Waals surface area contributed by atoms with Crippen molar-refractivity contribution in [3.05, 3.63) is 95.6 Å². The molecule has 5 nitrogen and oxygen atoms in total. The number of fused-ring (bicyclic) bond motifs is 2. The van der Waals surface area contributed by atoms with Gasteiger partial charge in [0.1, 0.15) is 0 Å². The zero-order valence-corrected chi connectivity index (χ0v) is 14.8. The van der Waals surface area contributed by atoms with Crippen LogP contribution < -0.4 is 18.9 Å². The van der Waals surface area contributed by atoms with E-state index in [1.807, 2.05) is 0 Å². The fourth-order valence-electron chi connectivity index (χ4n) is 3.38. The Labute approximate surface area is 154 Å². The average molecular weight is 372 g/mol. The standard InChI is InChI=1S/C20H17N.ClHO4/c1-21-18-13-7-5-11-16(18)20(15-9-3-2-4-10-15)17-12-6-8-14-19(17)21;2-1(3,4)5/h2-14,20H,1H3;(H,2,3,4,5). The Morgan fingerprint density at radius 3 is 1.58 bits per heavy atom. The van der Waals surface area contributed by atoms with Gasteiger partial charge < -0.3 is 4.90 Å². The molecule has 0 aliphatic carbocycles. The topological polar surface area (TPSA) is 92.7 Å². The van der Waals surface area contributed by atoms with Crippen molar-refractivity contribution in [1.29, 1.82) is 0 Å². The molecule has 0 radical (unpaired) electrons. The molecule has 0 amide bonds. The van der Waals surface area contributed by atoms with E-state index >= 15 is 0 Å². The van der Waals surface area contributed by atoms with Crippen LogP contribution in [0.5, 0.6) is 0 Å². The van der Waals surface area contributed by atoms with Gasteiger partial charge in [-0.3, -0.25) is 0 Å². The van der Waals surface area contributed by atoms with Gasteiger partial charge in [0.15, 0.2) is 0 Å². The van der Waals surface area contributed by atoms with Crippen LogP contribution >= 0.6 is 0 Å². The van der Waals surface area contributed by atoms with Gasteiger partial charge in [0.2, 0.25) is 0 Å². The lowest BCUT2D eigenvalue weighted by Crippen LogP contribution is -2.58. The van der Waals surface area contributed by atoms with Crippen molar-refractivity contribution in [2.75, 3.05) is 11.9 Å². The van der Waals surface area contributed by atoms with Crippen molar-refractivity contribution >= 4 is 11.4 Å². The van der Waals surface area contributed by atoms with Gasteiger partial charge in [-0.15, -0.1) is 0 Å². The lowest BCUT2D eigenvalue weighted by Gasteiger charge is -2.35. The van der Waals surface area contributed by atoms with Crippen molar-refractivity contribution in [2.45, 2.75) is 5.92 Å². The number of benzene rings is 3. The molecular formula is C20H18ClNO4. The van der Waals surface area contributed by atoms with Crippen LogP contribution in [0.4, 0.5) is 11.4 Å². The molecule has 0 saturated carbocycles. The van der Waals surface area contributed by atoms with E-state index in [0.717, 1.165) is 0 Å². The Morgan fingerprint density at radius 2 is 1.12 bits per heavy atom. The molecule has 134 valence electrons. The summed E-state index contributed by atoms with van der Waals surface area (Å²) in [6.45, 7) is 0. The summed E-state index contributed by atoms with van der Waals surface area (Å²) in [7, 11) is -2.54. The first-order chi connectivity index (χ1) is 12.4. The molecule has 0 unspecified atom stereocenters. The summed E-state index contributed by atoms with van der Waals surface area (Å²) in [5.74, 6) is 0.315. The van der Waals surface area contributed by atoms with Crippen LogP contribution in [0.1, 0.15) is 22.6 Å². The highest BCUT2D eigenvalue weighted by atomic mass is 35.7. The van der Waals surface area contributed by atoms with Gasteiger partial charge in [0, 0.05) is 24.3 Å². The summed E-state index contributed by atoms with van der Waals surface area (Å²) >= 11 is 0. The van der Waals surface area contributed by atoms with E-state index in [2.05, 4.69) is 90.8 Å². The van der Waals surface area contributed by atoms with E-state index in [9.17, 15) is 0 Å². The second-order valence-electron chi connectivity index (χ2n) is 5.92. The Kier molecular flexibility index (Phi) is 5.27. The summed E-state index contributed by atoms with van der Waals surface area (Å²) in [6, 6.07) is 28.2. The maximum Gasteiger partial charge on any atom is 0.0777 e. The normalized spacial score (nSPS) is 13.3. The zero-order valence-electron chi connectivity index (χ0n) is 14.1. The molecule has 1 aliphatic heterocycles. The Balaban J connectivity index is 0.000000349. The molecule has 6 heteroatoms. The minimum absolute atomic E-state index is 0.315. The van der Waals surface area contributed by atoms with E-state index in [-0.39, 0.29) is 0 Å². The second-order valence-corrected chi connectivity index (χ2v) is 6.71. The van der Waals surface area contributed by atoms with Crippen LogP contribution in [-0.4, -0.2) is 11.7 Å². The van der Waals surface area contributed by atoms with Gasteiger partial charge in [-0.2, -0.15) is 14.0 Å². The van der Waals surface area contributed by atoms with E-state index < -0.39 is 10.2 Å². The molecule has 3 aromatic carbocycles. The Bertz CT molecular complexity index is 827. The molecule has 1 N–H and O–H groups in total. The van der Waals surface area contributed by atoms with Crippen LogP contribution in [0.3, 0.4) is 0 Å². The van der Waals surface area contributed by atoms with Crippen LogP contribution in [0.15, 0.2) is 78.9 Å². The van der Waals surface area contributed by atoms with Crippen molar-refractivity contribution in [1.82, 2.24) is 0 Å². The molecular weight excluding hydrogens is 354 g/mol. The quantitative estimate of drug-likeness (QED) is 0.683. The molecule has 0 spiro atoms. The Hall–Kier alpha value is -2.41. The number of para-hydroxylation sites is 2. The highest BCUT2D eigenvalue weighted by Gasteiger charge is 2.28. The number of halogens is 1. The maximum absolute atomic E-state index is 8.60. The van der Waals surface area contributed by atoms with Gasteiger partial charge in [0.25, 0.3) is 0 Å². The number of rotatable bonds is 1. The lowest BCUT2D eigenvalue weighted by molar-refractivity contribution is -1.92.